The molecule has 0 amide bonds. The summed E-state index contributed by atoms with van der Waals surface area (Å²) in [6, 6.07) is 21.9. The molecule has 2 aromatic carbocycles. The molecule has 3 heterocycles. The number of ether oxygens (including phenoxy) is 1. The third-order valence-corrected chi connectivity index (χ3v) is 7.91. The summed E-state index contributed by atoms with van der Waals surface area (Å²) in [6.07, 6.45) is 6.12. The van der Waals surface area contributed by atoms with Crippen molar-refractivity contribution in [3.8, 4) is 28.4 Å². The molecule has 5 rings (SSSR count). The Morgan fingerprint density at radius 1 is 1.03 bits per heavy atom. The van der Waals surface area contributed by atoms with Gasteiger partial charge in [0.2, 0.25) is 5.88 Å². The summed E-state index contributed by atoms with van der Waals surface area (Å²) in [6.45, 7) is 4.32. The van der Waals surface area contributed by atoms with Gasteiger partial charge in [-0.25, -0.2) is 4.98 Å². The predicted octanol–water partition coefficient (Wildman–Crippen LogP) is 9.38. The smallest absolute Gasteiger partial charge is 0.227 e. The molecular weight excluding hydrogens is 549 g/mol. The minimum atomic E-state index is -0.000690. The zero-order valence-corrected chi connectivity index (χ0v) is 23.9. The molecule has 0 spiro atoms. The molecule has 39 heavy (non-hydrogen) atoms. The molecule has 0 aliphatic heterocycles. The summed E-state index contributed by atoms with van der Waals surface area (Å²) >= 11 is 14.2. The van der Waals surface area contributed by atoms with E-state index in [1.54, 1.807) is 11.3 Å². The molecule has 8 heteroatoms. The Kier molecular flexibility index (Phi) is 8.77. The van der Waals surface area contributed by atoms with Gasteiger partial charge < -0.3 is 9.26 Å². The second-order valence-electron chi connectivity index (χ2n) is 9.36. The Hall–Kier alpha value is -3.45. The largest absolute Gasteiger partial charge is 0.469 e. The predicted molar refractivity (Wildman–Crippen MR) is 161 cm³/mol. The molecule has 0 aliphatic rings. The SMILES string of the molecule is CC(C)C(Cl)CC(Cl)=CC=Cc1cc(COc2nc(-c3ccccc3)nc3scc(-c4ccccc4)c23)on1. The summed E-state index contributed by atoms with van der Waals surface area (Å²) in [7, 11) is 0. The summed E-state index contributed by atoms with van der Waals surface area (Å²) in [4.78, 5) is 10.5. The zero-order chi connectivity index (χ0) is 27.2. The average molecular weight is 577 g/mol. The maximum atomic E-state index is 6.31. The Labute approximate surface area is 241 Å². The number of aromatic nitrogens is 3. The molecule has 0 radical (unpaired) electrons. The third kappa shape index (κ3) is 6.77. The minimum Gasteiger partial charge on any atom is -0.469 e. The number of nitrogens with zero attached hydrogens (tertiary/aromatic N) is 3. The molecule has 0 saturated carbocycles. The van der Waals surface area contributed by atoms with Gasteiger partial charge in [-0.15, -0.1) is 22.9 Å². The van der Waals surface area contributed by atoms with E-state index in [1.165, 1.54) is 0 Å². The van der Waals surface area contributed by atoms with Gasteiger partial charge in [-0.05, 0) is 30.1 Å². The van der Waals surface area contributed by atoms with Gasteiger partial charge in [-0.3, -0.25) is 0 Å². The fourth-order valence-electron chi connectivity index (χ4n) is 3.92. The molecule has 0 fully saturated rings. The van der Waals surface area contributed by atoms with Crippen molar-refractivity contribution in [2.75, 3.05) is 0 Å². The van der Waals surface area contributed by atoms with Crippen LogP contribution in [0.25, 0.3) is 38.8 Å². The monoisotopic (exact) mass is 575 g/mol. The minimum absolute atomic E-state index is 0.000690. The average Bonchev–Trinajstić information content (AvgIpc) is 3.60. The van der Waals surface area contributed by atoms with Gasteiger partial charge in [0.05, 0.1) is 5.39 Å². The number of hydrogen-bond acceptors (Lipinski definition) is 6. The second kappa shape index (κ2) is 12.6. The van der Waals surface area contributed by atoms with E-state index >= 15 is 0 Å². The second-order valence-corrected chi connectivity index (χ2v) is 11.3. The van der Waals surface area contributed by atoms with Crippen LogP contribution in [0.1, 0.15) is 31.7 Å². The number of fused-ring (bicyclic) bond motifs is 1. The molecule has 1 unspecified atom stereocenters. The Bertz CT molecular complexity index is 1590. The molecule has 0 saturated heterocycles. The number of benzene rings is 2. The van der Waals surface area contributed by atoms with Crippen LogP contribution >= 0.6 is 34.5 Å². The van der Waals surface area contributed by atoms with Gasteiger partial charge in [0.25, 0.3) is 0 Å². The zero-order valence-electron chi connectivity index (χ0n) is 21.6. The summed E-state index contributed by atoms with van der Waals surface area (Å²) in [5.41, 5.74) is 3.70. The lowest BCUT2D eigenvalue weighted by Gasteiger charge is -2.11. The first-order valence-corrected chi connectivity index (χ1v) is 14.3. The molecule has 0 N–H and O–H groups in total. The fourth-order valence-corrected chi connectivity index (χ4v) is 5.34. The summed E-state index contributed by atoms with van der Waals surface area (Å²) in [5, 5.41) is 7.80. The van der Waals surface area contributed by atoms with Crippen molar-refractivity contribution in [1.29, 1.82) is 0 Å². The van der Waals surface area contributed by atoms with Crippen LogP contribution in [0.5, 0.6) is 5.88 Å². The molecular formula is C31H27Cl2N3O2S. The van der Waals surface area contributed by atoms with Crippen LogP contribution in [0.15, 0.2) is 93.8 Å². The van der Waals surface area contributed by atoms with E-state index < -0.39 is 0 Å². The molecule has 1 atom stereocenters. The summed E-state index contributed by atoms with van der Waals surface area (Å²) in [5.74, 6) is 2.05. The van der Waals surface area contributed by atoms with Gasteiger partial charge in [0.1, 0.15) is 10.5 Å². The first-order valence-electron chi connectivity index (χ1n) is 12.6. The lowest BCUT2D eigenvalue weighted by atomic mass is 10.1. The molecule has 0 aliphatic carbocycles. The highest BCUT2D eigenvalue weighted by Gasteiger charge is 2.18. The number of alkyl halides is 1. The van der Waals surface area contributed by atoms with Gasteiger partial charge >= 0.3 is 0 Å². The molecule has 0 bridgehead atoms. The van der Waals surface area contributed by atoms with Crippen LogP contribution in [0, 0.1) is 5.92 Å². The quantitative estimate of drug-likeness (QED) is 0.122. The lowest BCUT2D eigenvalue weighted by Crippen LogP contribution is -2.06. The van der Waals surface area contributed by atoms with Crippen LogP contribution in [0.4, 0.5) is 0 Å². The number of allylic oxidation sites excluding steroid dienone is 3. The van der Waals surface area contributed by atoms with E-state index in [0.717, 1.165) is 26.9 Å². The highest BCUT2D eigenvalue weighted by Crippen LogP contribution is 2.39. The van der Waals surface area contributed by atoms with E-state index in [-0.39, 0.29) is 12.0 Å². The number of rotatable bonds is 10. The maximum Gasteiger partial charge on any atom is 0.227 e. The molecule has 3 aromatic heterocycles. The fraction of sp³-hybridized carbons (Fsp3) is 0.194. The number of halogens is 2. The molecule has 198 valence electrons. The Morgan fingerprint density at radius 2 is 1.74 bits per heavy atom. The highest BCUT2D eigenvalue weighted by atomic mass is 35.5. The van der Waals surface area contributed by atoms with Crippen molar-refractivity contribution >= 4 is 50.8 Å². The normalized spacial score (nSPS) is 13.0. The van der Waals surface area contributed by atoms with Gasteiger partial charge in [0, 0.05) is 33.0 Å². The molecule has 5 nitrogen and oxygen atoms in total. The van der Waals surface area contributed by atoms with E-state index in [4.69, 9.17) is 42.4 Å². The van der Waals surface area contributed by atoms with Crippen LogP contribution in [0.3, 0.4) is 0 Å². The van der Waals surface area contributed by atoms with Crippen LogP contribution in [0.2, 0.25) is 0 Å². The van der Waals surface area contributed by atoms with Gasteiger partial charge in [-0.1, -0.05) is 97.3 Å². The maximum absolute atomic E-state index is 6.31. The topological polar surface area (TPSA) is 61.0 Å². The van der Waals surface area contributed by atoms with Crippen molar-refractivity contribution in [2.24, 2.45) is 5.92 Å². The Balaban J connectivity index is 1.38. The van der Waals surface area contributed by atoms with Crippen molar-refractivity contribution in [2.45, 2.75) is 32.3 Å². The Morgan fingerprint density at radius 3 is 2.46 bits per heavy atom. The van der Waals surface area contributed by atoms with Crippen molar-refractivity contribution in [3.63, 3.8) is 0 Å². The standard InChI is InChI=1S/C31H27Cl2N3O2S/c1-20(2)27(33)16-23(32)14-9-15-24-17-25(38-36-24)18-37-30-28-26(21-10-5-3-6-11-21)19-39-31(28)35-29(34-30)22-12-7-4-8-13-22/h3-15,17,19-20,27H,16,18H2,1-2H3. The van der Waals surface area contributed by atoms with Crippen molar-refractivity contribution < 1.29 is 9.26 Å². The summed E-state index contributed by atoms with van der Waals surface area (Å²) < 4.78 is 11.8. The molecule has 5 aromatic rings. The van der Waals surface area contributed by atoms with E-state index in [1.807, 2.05) is 72.8 Å². The number of thiophene rings is 1. The lowest BCUT2D eigenvalue weighted by molar-refractivity contribution is 0.244. The highest BCUT2D eigenvalue weighted by molar-refractivity contribution is 7.17. The van der Waals surface area contributed by atoms with E-state index in [2.05, 4.69) is 36.5 Å². The van der Waals surface area contributed by atoms with Gasteiger partial charge in [-0.2, -0.15) is 4.98 Å². The third-order valence-electron chi connectivity index (χ3n) is 6.10. The van der Waals surface area contributed by atoms with Crippen LogP contribution in [-0.2, 0) is 6.61 Å². The first-order chi connectivity index (χ1) is 19.0. The van der Waals surface area contributed by atoms with E-state index in [9.17, 15) is 0 Å². The van der Waals surface area contributed by atoms with Crippen molar-refractivity contribution in [3.05, 3.63) is 101 Å². The van der Waals surface area contributed by atoms with E-state index in [0.29, 0.717) is 40.5 Å². The van der Waals surface area contributed by atoms with Crippen LogP contribution in [-0.4, -0.2) is 20.5 Å². The first kappa shape index (κ1) is 27.1. The van der Waals surface area contributed by atoms with Crippen molar-refractivity contribution in [1.82, 2.24) is 15.1 Å². The van der Waals surface area contributed by atoms with Crippen LogP contribution < -0.4 is 4.74 Å². The number of hydrogen-bond donors (Lipinski definition) is 0. The van der Waals surface area contributed by atoms with Gasteiger partial charge in [0.15, 0.2) is 18.2 Å².